The van der Waals surface area contributed by atoms with Gasteiger partial charge in [-0.15, -0.1) is 0 Å². The summed E-state index contributed by atoms with van der Waals surface area (Å²) in [6.07, 6.45) is 0. The summed E-state index contributed by atoms with van der Waals surface area (Å²) in [5, 5.41) is 0.658. The van der Waals surface area contributed by atoms with Gasteiger partial charge in [0, 0.05) is 49.5 Å². The van der Waals surface area contributed by atoms with Crippen molar-refractivity contribution in [2.24, 2.45) is 0 Å². The van der Waals surface area contributed by atoms with Crippen LogP contribution in [0.15, 0.2) is 77.7 Å². The first-order valence-electron chi connectivity index (χ1n) is 11.9. The molecule has 10 heteroatoms. The van der Waals surface area contributed by atoms with E-state index >= 15 is 0 Å². The number of sulfonamides is 1. The summed E-state index contributed by atoms with van der Waals surface area (Å²) < 4.78 is 39.5. The van der Waals surface area contributed by atoms with Crippen LogP contribution in [0, 0.1) is 0 Å². The number of benzene rings is 3. The summed E-state index contributed by atoms with van der Waals surface area (Å²) >= 11 is 6.13. The smallest absolute Gasteiger partial charge is 0.247 e. The number of anilines is 1. The first-order chi connectivity index (χ1) is 17.8. The highest BCUT2D eigenvalue weighted by Gasteiger charge is 2.32. The largest absolute Gasteiger partial charge is 0.497 e. The van der Waals surface area contributed by atoms with E-state index in [-0.39, 0.29) is 29.6 Å². The molecule has 0 spiro atoms. The standard InChI is InChI=1S/C27H30ClN3O5S/c1-35-24-11-12-25(36-2)26(18-24)37(33,34)31(19-21-7-4-3-5-8-21)20-27(32)30-15-13-29(14-16-30)23-10-6-9-22(28)17-23/h3-12,17-18H,13-16,19-20H2,1-2H3. The lowest BCUT2D eigenvalue weighted by Gasteiger charge is -2.37. The number of amides is 1. The molecule has 1 amide bonds. The van der Waals surface area contributed by atoms with Gasteiger partial charge in [-0.1, -0.05) is 48.0 Å². The molecule has 0 unspecified atom stereocenters. The minimum Gasteiger partial charge on any atom is -0.497 e. The number of halogens is 1. The lowest BCUT2D eigenvalue weighted by molar-refractivity contribution is -0.131. The fourth-order valence-electron chi connectivity index (χ4n) is 4.28. The van der Waals surface area contributed by atoms with Crippen molar-refractivity contribution in [1.82, 2.24) is 9.21 Å². The van der Waals surface area contributed by atoms with Crippen LogP contribution in [-0.4, -0.2) is 70.5 Å². The number of methoxy groups -OCH3 is 2. The zero-order chi connectivity index (χ0) is 26.4. The van der Waals surface area contributed by atoms with E-state index in [1.165, 1.54) is 24.6 Å². The second-order valence-electron chi connectivity index (χ2n) is 8.62. The van der Waals surface area contributed by atoms with Gasteiger partial charge in [0.15, 0.2) is 0 Å². The molecule has 8 nitrogen and oxygen atoms in total. The van der Waals surface area contributed by atoms with Gasteiger partial charge < -0.3 is 19.3 Å². The average Bonchev–Trinajstić information content (AvgIpc) is 2.93. The first-order valence-corrected chi connectivity index (χ1v) is 13.7. The molecule has 196 valence electrons. The molecule has 1 aliphatic heterocycles. The number of rotatable bonds is 9. The van der Waals surface area contributed by atoms with Gasteiger partial charge in [-0.2, -0.15) is 4.31 Å². The Balaban J connectivity index is 1.55. The second-order valence-corrected chi connectivity index (χ2v) is 11.0. The van der Waals surface area contributed by atoms with E-state index in [1.54, 1.807) is 17.0 Å². The number of nitrogens with zero attached hydrogens (tertiary/aromatic N) is 3. The Labute approximate surface area is 223 Å². The fraction of sp³-hybridized carbons (Fsp3) is 0.296. The third-order valence-corrected chi connectivity index (χ3v) is 8.36. The van der Waals surface area contributed by atoms with Crippen molar-refractivity contribution < 1.29 is 22.7 Å². The van der Waals surface area contributed by atoms with Crippen molar-refractivity contribution in [1.29, 1.82) is 0 Å². The number of carbonyl (C=O) groups is 1. The van der Waals surface area contributed by atoms with Crippen molar-refractivity contribution in [2.75, 3.05) is 51.8 Å². The predicted octanol–water partition coefficient (Wildman–Crippen LogP) is 3.90. The molecule has 1 aliphatic rings. The highest BCUT2D eigenvalue weighted by molar-refractivity contribution is 7.89. The van der Waals surface area contributed by atoms with Gasteiger partial charge in [-0.25, -0.2) is 8.42 Å². The summed E-state index contributed by atoms with van der Waals surface area (Å²) in [7, 11) is -1.24. The Kier molecular flexibility index (Phi) is 8.58. The zero-order valence-corrected chi connectivity index (χ0v) is 22.4. The van der Waals surface area contributed by atoms with E-state index in [4.69, 9.17) is 21.1 Å². The molecule has 0 N–H and O–H groups in total. The van der Waals surface area contributed by atoms with E-state index in [2.05, 4.69) is 4.90 Å². The summed E-state index contributed by atoms with van der Waals surface area (Å²) in [6.45, 7) is 1.95. The van der Waals surface area contributed by atoms with Crippen molar-refractivity contribution in [2.45, 2.75) is 11.4 Å². The molecular formula is C27H30ClN3O5S. The quantitative estimate of drug-likeness (QED) is 0.407. The number of piperazine rings is 1. The predicted molar refractivity (Wildman–Crippen MR) is 144 cm³/mol. The van der Waals surface area contributed by atoms with Crippen LogP contribution in [0.5, 0.6) is 11.5 Å². The lowest BCUT2D eigenvalue weighted by Crippen LogP contribution is -2.51. The SMILES string of the molecule is COc1ccc(OC)c(S(=O)(=O)N(CC(=O)N2CCN(c3cccc(Cl)c3)CC2)Cc2ccccc2)c1. The van der Waals surface area contributed by atoms with Gasteiger partial charge in [0.25, 0.3) is 0 Å². The van der Waals surface area contributed by atoms with Crippen molar-refractivity contribution in [3.05, 3.63) is 83.4 Å². The second kappa shape index (κ2) is 11.9. The molecule has 0 atom stereocenters. The molecule has 1 heterocycles. The average molecular weight is 544 g/mol. The van der Waals surface area contributed by atoms with Crippen LogP contribution in [0.1, 0.15) is 5.56 Å². The van der Waals surface area contributed by atoms with Gasteiger partial charge in [-0.3, -0.25) is 4.79 Å². The third-order valence-electron chi connectivity index (χ3n) is 6.31. The molecule has 1 fully saturated rings. The minimum atomic E-state index is -4.11. The van der Waals surface area contributed by atoms with Gasteiger partial charge in [-0.05, 0) is 35.9 Å². The summed E-state index contributed by atoms with van der Waals surface area (Å²) in [4.78, 5) is 17.2. The Hall–Kier alpha value is -3.27. The molecule has 0 bridgehead atoms. The number of hydrogen-bond donors (Lipinski definition) is 0. The van der Waals surface area contributed by atoms with Gasteiger partial charge in [0.1, 0.15) is 16.4 Å². The van der Waals surface area contributed by atoms with E-state index in [9.17, 15) is 13.2 Å². The zero-order valence-electron chi connectivity index (χ0n) is 20.8. The van der Waals surface area contributed by atoms with Crippen LogP contribution in [0.3, 0.4) is 0 Å². The number of hydrogen-bond acceptors (Lipinski definition) is 6. The normalized spacial score (nSPS) is 14.1. The van der Waals surface area contributed by atoms with E-state index < -0.39 is 10.0 Å². The maximum absolute atomic E-state index is 13.9. The van der Waals surface area contributed by atoms with E-state index in [1.807, 2.05) is 54.6 Å². The third kappa shape index (κ3) is 6.36. The molecule has 1 saturated heterocycles. The molecule has 3 aromatic rings. The molecule has 0 saturated carbocycles. The molecular weight excluding hydrogens is 514 g/mol. The fourth-order valence-corrected chi connectivity index (χ4v) is 6.01. The topological polar surface area (TPSA) is 79.4 Å². The van der Waals surface area contributed by atoms with Crippen LogP contribution in [0.2, 0.25) is 5.02 Å². The minimum absolute atomic E-state index is 0.0394. The van der Waals surface area contributed by atoms with Gasteiger partial charge in [0.2, 0.25) is 15.9 Å². The summed E-state index contributed by atoms with van der Waals surface area (Å²) in [5.74, 6) is 0.302. The highest BCUT2D eigenvalue weighted by Crippen LogP contribution is 2.31. The van der Waals surface area contributed by atoms with Crippen molar-refractivity contribution in [3.63, 3.8) is 0 Å². The van der Waals surface area contributed by atoms with Gasteiger partial charge >= 0.3 is 0 Å². The Morgan fingerprint density at radius 3 is 2.30 bits per heavy atom. The highest BCUT2D eigenvalue weighted by atomic mass is 35.5. The Morgan fingerprint density at radius 1 is 0.919 bits per heavy atom. The van der Waals surface area contributed by atoms with Crippen molar-refractivity contribution >= 4 is 33.2 Å². The van der Waals surface area contributed by atoms with Crippen LogP contribution >= 0.6 is 11.6 Å². The number of ether oxygens (including phenoxy) is 2. The molecule has 4 rings (SSSR count). The summed E-state index contributed by atoms with van der Waals surface area (Å²) in [6, 6.07) is 21.4. The maximum Gasteiger partial charge on any atom is 0.247 e. The van der Waals surface area contributed by atoms with Crippen LogP contribution in [-0.2, 0) is 21.4 Å². The molecule has 0 aromatic heterocycles. The maximum atomic E-state index is 13.9. The first kappa shape index (κ1) is 26.8. The van der Waals surface area contributed by atoms with Crippen LogP contribution in [0.4, 0.5) is 5.69 Å². The molecule has 0 radical (unpaired) electrons. The van der Waals surface area contributed by atoms with Crippen molar-refractivity contribution in [3.8, 4) is 11.5 Å². The molecule has 37 heavy (non-hydrogen) atoms. The molecule has 3 aromatic carbocycles. The Morgan fingerprint density at radius 2 is 1.65 bits per heavy atom. The van der Waals surface area contributed by atoms with E-state index in [0.29, 0.717) is 37.0 Å². The lowest BCUT2D eigenvalue weighted by atomic mass is 10.2. The van der Waals surface area contributed by atoms with E-state index in [0.717, 1.165) is 11.3 Å². The van der Waals surface area contributed by atoms with Gasteiger partial charge in [0.05, 0.1) is 20.8 Å². The van der Waals surface area contributed by atoms with Crippen LogP contribution in [0.25, 0.3) is 0 Å². The van der Waals surface area contributed by atoms with Crippen LogP contribution < -0.4 is 14.4 Å². The monoisotopic (exact) mass is 543 g/mol. The molecule has 0 aliphatic carbocycles. The summed E-state index contributed by atoms with van der Waals surface area (Å²) in [5.41, 5.74) is 1.77. The Bertz CT molecular complexity index is 1330. The number of carbonyl (C=O) groups excluding carboxylic acids is 1.